The zero-order chi connectivity index (χ0) is 21.5. The number of carbonyl (C=O) groups is 1. The number of fused-ring (bicyclic) bond motifs is 1. The summed E-state index contributed by atoms with van der Waals surface area (Å²) in [5, 5.41) is 3.31. The van der Waals surface area contributed by atoms with Gasteiger partial charge in [0, 0.05) is 17.9 Å². The lowest BCUT2D eigenvalue weighted by Crippen LogP contribution is -2.12. The number of aromatic nitrogens is 2. The number of H-pyrrole nitrogens is 1. The van der Waals surface area contributed by atoms with Crippen LogP contribution in [-0.4, -0.2) is 25.8 Å². The number of aromatic amines is 1. The molecule has 0 spiro atoms. The van der Waals surface area contributed by atoms with Crippen LogP contribution in [0, 0.1) is 0 Å². The minimum atomic E-state index is -1.26. The van der Waals surface area contributed by atoms with Crippen LogP contribution < -0.4 is 10.1 Å². The van der Waals surface area contributed by atoms with Gasteiger partial charge in [0.05, 0.1) is 21.8 Å². The van der Waals surface area contributed by atoms with Crippen molar-refractivity contribution in [2.24, 2.45) is 0 Å². The molecular weight excluding hydrogens is 410 g/mol. The summed E-state index contributed by atoms with van der Waals surface area (Å²) in [5.74, 6) is 1.00. The number of amides is 1. The minimum absolute atomic E-state index is 0.112. The Kier molecular flexibility index (Phi) is 6.74. The van der Waals surface area contributed by atoms with Gasteiger partial charge in [-0.3, -0.25) is 9.00 Å². The molecule has 1 heterocycles. The fourth-order valence-electron chi connectivity index (χ4n) is 3.10. The molecule has 0 aliphatic rings. The summed E-state index contributed by atoms with van der Waals surface area (Å²) in [5.41, 5.74) is 3.45. The van der Waals surface area contributed by atoms with Crippen LogP contribution in [0.3, 0.4) is 0 Å². The number of imidazole rings is 1. The Bertz CT molecular complexity index is 1140. The van der Waals surface area contributed by atoms with Crippen LogP contribution in [0.2, 0.25) is 0 Å². The van der Waals surface area contributed by atoms with Crippen LogP contribution in [0.4, 0.5) is 5.69 Å². The summed E-state index contributed by atoms with van der Waals surface area (Å²) < 4.78 is 18.2. The van der Waals surface area contributed by atoms with Crippen LogP contribution in [0.15, 0.2) is 84.0 Å². The average Bonchev–Trinajstić information content (AvgIpc) is 3.24. The molecule has 1 aromatic heterocycles. The number of ether oxygens (including phenoxy) is 1. The first-order chi connectivity index (χ1) is 15.2. The fraction of sp³-hybridized carbons (Fsp3) is 0.167. The number of rotatable bonds is 9. The number of hydrogen-bond acceptors (Lipinski definition) is 4. The van der Waals surface area contributed by atoms with Crippen LogP contribution in [0.1, 0.15) is 18.4 Å². The molecule has 0 saturated heterocycles. The highest BCUT2D eigenvalue weighted by atomic mass is 32.2. The Morgan fingerprint density at radius 3 is 2.48 bits per heavy atom. The minimum Gasteiger partial charge on any atom is -0.489 e. The van der Waals surface area contributed by atoms with Crippen molar-refractivity contribution < 1.29 is 13.7 Å². The van der Waals surface area contributed by atoms with Gasteiger partial charge in [0.15, 0.2) is 5.16 Å². The summed E-state index contributed by atoms with van der Waals surface area (Å²) in [4.78, 5) is 19.6. The van der Waals surface area contributed by atoms with Crippen molar-refractivity contribution in [2.45, 2.75) is 24.6 Å². The highest BCUT2D eigenvalue weighted by molar-refractivity contribution is 7.84. The van der Waals surface area contributed by atoms with Gasteiger partial charge in [-0.2, -0.15) is 0 Å². The Morgan fingerprint density at radius 2 is 1.71 bits per heavy atom. The maximum atomic E-state index is 12.4. The summed E-state index contributed by atoms with van der Waals surface area (Å²) in [6.45, 7) is 0.495. The van der Waals surface area contributed by atoms with Crippen molar-refractivity contribution in [3.8, 4) is 5.75 Å². The molecular formula is C24H23N3O3S. The molecule has 0 radical (unpaired) electrons. The molecule has 0 bridgehead atoms. The molecule has 158 valence electrons. The average molecular weight is 434 g/mol. The van der Waals surface area contributed by atoms with E-state index in [1.54, 1.807) is 0 Å². The van der Waals surface area contributed by atoms with E-state index < -0.39 is 10.8 Å². The molecule has 0 saturated carbocycles. The molecule has 31 heavy (non-hydrogen) atoms. The molecule has 6 nitrogen and oxygen atoms in total. The van der Waals surface area contributed by atoms with E-state index in [1.807, 2.05) is 78.9 Å². The van der Waals surface area contributed by atoms with Crippen molar-refractivity contribution >= 4 is 33.4 Å². The van der Waals surface area contributed by atoms with Gasteiger partial charge in [-0.1, -0.05) is 42.5 Å². The summed E-state index contributed by atoms with van der Waals surface area (Å²) in [6.07, 6.45) is 0.798. The number of benzene rings is 3. The first kappa shape index (κ1) is 20.8. The van der Waals surface area contributed by atoms with Gasteiger partial charge in [-0.15, -0.1) is 0 Å². The maximum absolute atomic E-state index is 12.4. The standard InChI is InChI=1S/C24H23N3O3S/c28-23(11-6-16-31(29)24-26-21-9-4-5-10-22(21)27-24)25-19-12-14-20(15-13-19)30-17-18-7-2-1-3-8-18/h1-5,7-10,12-15H,6,11,16-17H2,(H,25,28)(H,26,27). The summed E-state index contributed by atoms with van der Waals surface area (Å²) in [6, 6.07) is 24.8. The molecule has 0 aliphatic carbocycles. The SMILES string of the molecule is O=C(CCCS(=O)c1nc2ccccc2[nH]1)Nc1ccc(OCc2ccccc2)cc1. The lowest BCUT2D eigenvalue weighted by atomic mass is 10.2. The van der Waals surface area contributed by atoms with Gasteiger partial charge in [0.2, 0.25) is 5.91 Å². The third-order valence-electron chi connectivity index (χ3n) is 4.70. The summed E-state index contributed by atoms with van der Waals surface area (Å²) in [7, 11) is -1.26. The molecule has 4 aromatic rings. The number of carbonyl (C=O) groups excluding carboxylic acids is 1. The highest BCUT2D eigenvalue weighted by Gasteiger charge is 2.11. The monoisotopic (exact) mass is 433 g/mol. The van der Waals surface area contributed by atoms with E-state index in [-0.39, 0.29) is 12.3 Å². The van der Waals surface area contributed by atoms with Crippen LogP contribution in [0.25, 0.3) is 11.0 Å². The third kappa shape index (κ3) is 5.79. The quantitative estimate of drug-likeness (QED) is 0.402. The number of anilines is 1. The van der Waals surface area contributed by atoms with E-state index in [2.05, 4.69) is 15.3 Å². The molecule has 1 amide bonds. The Labute approximate surface area is 183 Å². The van der Waals surface area contributed by atoms with E-state index in [0.29, 0.717) is 29.6 Å². The van der Waals surface area contributed by atoms with Crippen molar-refractivity contribution in [2.75, 3.05) is 11.1 Å². The Balaban J connectivity index is 1.21. The maximum Gasteiger partial charge on any atom is 0.224 e. The second kappa shape index (κ2) is 10.0. The molecule has 3 aromatic carbocycles. The normalized spacial score (nSPS) is 11.9. The van der Waals surface area contributed by atoms with Gasteiger partial charge in [-0.25, -0.2) is 4.98 Å². The Morgan fingerprint density at radius 1 is 0.968 bits per heavy atom. The van der Waals surface area contributed by atoms with E-state index >= 15 is 0 Å². The number of para-hydroxylation sites is 2. The summed E-state index contributed by atoms with van der Waals surface area (Å²) >= 11 is 0. The predicted molar refractivity (Wildman–Crippen MR) is 122 cm³/mol. The van der Waals surface area contributed by atoms with Crippen molar-refractivity contribution in [3.05, 3.63) is 84.4 Å². The molecule has 0 fully saturated rings. The lowest BCUT2D eigenvalue weighted by Gasteiger charge is -2.08. The van der Waals surface area contributed by atoms with E-state index in [4.69, 9.17) is 4.74 Å². The predicted octanol–water partition coefficient (Wildman–Crippen LogP) is 4.67. The number of nitrogens with zero attached hydrogens (tertiary/aromatic N) is 1. The molecule has 2 N–H and O–H groups in total. The van der Waals surface area contributed by atoms with E-state index in [9.17, 15) is 9.00 Å². The molecule has 4 rings (SSSR count). The van der Waals surface area contributed by atoms with Gasteiger partial charge in [0.25, 0.3) is 0 Å². The third-order valence-corrected chi connectivity index (χ3v) is 5.99. The first-order valence-corrected chi connectivity index (χ1v) is 11.4. The second-order valence-corrected chi connectivity index (χ2v) is 8.55. The largest absolute Gasteiger partial charge is 0.489 e. The van der Waals surface area contributed by atoms with Gasteiger partial charge >= 0.3 is 0 Å². The zero-order valence-corrected chi connectivity index (χ0v) is 17.7. The smallest absolute Gasteiger partial charge is 0.224 e. The van der Waals surface area contributed by atoms with Gasteiger partial charge < -0.3 is 15.0 Å². The first-order valence-electron chi connectivity index (χ1n) is 10.1. The van der Waals surface area contributed by atoms with Gasteiger partial charge in [-0.05, 0) is 48.4 Å². The van der Waals surface area contributed by atoms with Gasteiger partial charge in [0.1, 0.15) is 12.4 Å². The fourth-order valence-corrected chi connectivity index (χ4v) is 4.12. The van der Waals surface area contributed by atoms with Crippen LogP contribution >= 0.6 is 0 Å². The molecule has 1 atom stereocenters. The Hall–Kier alpha value is -3.45. The van der Waals surface area contributed by atoms with E-state index in [1.165, 1.54) is 0 Å². The molecule has 1 unspecified atom stereocenters. The molecule has 0 aliphatic heterocycles. The highest BCUT2D eigenvalue weighted by Crippen LogP contribution is 2.18. The zero-order valence-electron chi connectivity index (χ0n) is 16.9. The second-order valence-electron chi connectivity index (χ2n) is 7.06. The van der Waals surface area contributed by atoms with Crippen molar-refractivity contribution in [1.29, 1.82) is 0 Å². The molecule has 7 heteroatoms. The van der Waals surface area contributed by atoms with Crippen LogP contribution in [-0.2, 0) is 22.2 Å². The van der Waals surface area contributed by atoms with Crippen LogP contribution in [0.5, 0.6) is 5.75 Å². The lowest BCUT2D eigenvalue weighted by molar-refractivity contribution is -0.116. The van der Waals surface area contributed by atoms with Crippen molar-refractivity contribution in [3.63, 3.8) is 0 Å². The van der Waals surface area contributed by atoms with Crippen molar-refractivity contribution in [1.82, 2.24) is 9.97 Å². The topological polar surface area (TPSA) is 84.1 Å². The number of nitrogens with one attached hydrogen (secondary N) is 2. The van der Waals surface area contributed by atoms with E-state index in [0.717, 1.165) is 22.3 Å². The number of hydrogen-bond donors (Lipinski definition) is 2.